The average molecular weight is 389 g/mol. The third-order valence-electron chi connectivity index (χ3n) is 4.13. The van der Waals surface area contributed by atoms with Crippen molar-refractivity contribution in [1.29, 1.82) is 0 Å². The molecule has 144 valence electrons. The second-order valence-electron chi connectivity index (χ2n) is 6.63. The first kappa shape index (κ1) is 20.8. The maximum absolute atomic E-state index is 12.3. The van der Waals surface area contributed by atoms with Crippen molar-refractivity contribution in [2.75, 3.05) is 25.5 Å². The van der Waals surface area contributed by atoms with Crippen molar-refractivity contribution < 1.29 is 14.3 Å². The molecule has 2 amide bonds. The number of benzene rings is 2. The number of amides is 2. The predicted molar refractivity (Wildman–Crippen MR) is 108 cm³/mol. The second kappa shape index (κ2) is 9.42. The van der Waals surface area contributed by atoms with Crippen LogP contribution < -0.4 is 10.1 Å². The van der Waals surface area contributed by atoms with E-state index in [1.54, 1.807) is 31.3 Å². The van der Waals surface area contributed by atoms with Crippen molar-refractivity contribution in [1.82, 2.24) is 4.90 Å². The normalized spacial score (nSPS) is 10.4. The van der Waals surface area contributed by atoms with Gasteiger partial charge in [0, 0.05) is 17.8 Å². The summed E-state index contributed by atoms with van der Waals surface area (Å²) in [5.74, 6) is 0.224. The van der Waals surface area contributed by atoms with Crippen molar-refractivity contribution in [2.24, 2.45) is 0 Å². The van der Waals surface area contributed by atoms with Gasteiger partial charge in [0.1, 0.15) is 5.75 Å². The zero-order chi connectivity index (χ0) is 20.0. The molecule has 0 aromatic heterocycles. The monoisotopic (exact) mass is 388 g/mol. The third-order valence-corrected chi connectivity index (χ3v) is 4.36. The quantitative estimate of drug-likeness (QED) is 0.775. The highest BCUT2D eigenvalue weighted by Crippen LogP contribution is 2.22. The molecule has 0 aliphatic heterocycles. The lowest BCUT2D eigenvalue weighted by atomic mass is 10.1. The molecular formula is C21H25ClN2O3. The highest BCUT2D eigenvalue weighted by Gasteiger charge is 2.15. The Morgan fingerprint density at radius 1 is 1.11 bits per heavy atom. The molecule has 27 heavy (non-hydrogen) atoms. The van der Waals surface area contributed by atoms with E-state index < -0.39 is 0 Å². The maximum Gasteiger partial charge on any atom is 0.243 e. The summed E-state index contributed by atoms with van der Waals surface area (Å²) in [6.45, 7) is 6.14. The van der Waals surface area contributed by atoms with E-state index in [-0.39, 0.29) is 31.4 Å². The number of carbonyl (C=O) groups is 2. The molecule has 0 bridgehead atoms. The summed E-state index contributed by atoms with van der Waals surface area (Å²) in [6.07, 6.45) is 0.179. The Bertz CT molecular complexity index is 813. The third kappa shape index (κ3) is 6.29. The summed E-state index contributed by atoms with van der Waals surface area (Å²) in [4.78, 5) is 25.9. The summed E-state index contributed by atoms with van der Waals surface area (Å²) < 4.78 is 5.52. The first-order valence-corrected chi connectivity index (χ1v) is 9.14. The van der Waals surface area contributed by atoms with Crippen molar-refractivity contribution in [3.8, 4) is 5.75 Å². The second-order valence-corrected chi connectivity index (χ2v) is 7.06. The fourth-order valence-corrected chi connectivity index (χ4v) is 3.04. The van der Waals surface area contributed by atoms with Crippen molar-refractivity contribution >= 4 is 29.1 Å². The Hall–Kier alpha value is -2.53. The first-order valence-electron chi connectivity index (χ1n) is 8.76. The Morgan fingerprint density at radius 3 is 2.41 bits per heavy atom. The molecule has 0 spiro atoms. The molecule has 1 N–H and O–H groups in total. The fraction of sp³-hybridized carbons (Fsp3) is 0.333. The van der Waals surface area contributed by atoms with Crippen LogP contribution in [0.1, 0.15) is 23.1 Å². The molecule has 0 fully saturated rings. The average Bonchev–Trinajstić information content (AvgIpc) is 2.58. The zero-order valence-electron chi connectivity index (χ0n) is 16.1. The Labute approximate surface area is 165 Å². The minimum atomic E-state index is -0.225. The molecule has 2 aromatic carbocycles. The Morgan fingerprint density at radius 2 is 1.78 bits per heavy atom. The van der Waals surface area contributed by atoms with E-state index in [1.807, 2.05) is 32.9 Å². The topological polar surface area (TPSA) is 58.6 Å². The number of rotatable bonds is 7. The lowest BCUT2D eigenvalue weighted by Crippen LogP contribution is -2.35. The minimum absolute atomic E-state index is 0.0112. The molecule has 0 aliphatic carbocycles. The van der Waals surface area contributed by atoms with Crippen molar-refractivity contribution in [2.45, 2.75) is 27.2 Å². The van der Waals surface area contributed by atoms with Crippen LogP contribution in [0.2, 0.25) is 5.02 Å². The Kier molecular flexibility index (Phi) is 7.25. The summed E-state index contributed by atoms with van der Waals surface area (Å²) >= 11 is 5.89. The van der Waals surface area contributed by atoms with Crippen molar-refractivity contribution in [3.63, 3.8) is 0 Å². The van der Waals surface area contributed by atoms with Crippen LogP contribution in [0.4, 0.5) is 5.69 Å². The number of carbonyl (C=O) groups excluding carboxylic acids is 2. The summed E-state index contributed by atoms with van der Waals surface area (Å²) in [6, 6.07) is 11.0. The van der Waals surface area contributed by atoms with E-state index in [0.717, 1.165) is 22.4 Å². The number of hydrogen-bond acceptors (Lipinski definition) is 3. The Balaban J connectivity index is 1.82. The molecule has 0 heterocycles. The number of ether oxygens (including phenoxy) is 1. The molecule has 2 aromatic rings. The van der Waals surface area contributed by atoms with Crippen LogP contribution in [-0.2, 0) is 9.59 Å². The van der Waals surface area contributed by atoms with E-state index in [1.165, 1.54) is 4.90 Å². The van der Waals surface area contributed by atoms with Crippen LogP contribution >= 0.6 is 11.6 Å². The van der Waals surface area contributed by atoms with Gasteiger partial charge in [-0.3, -0.25) is 9.59 Å². The van der Waals surface area contributed by atoms with Crippen LogP contribution in [0.15, 0.2) is 36.4 Å². The molecule has 0 unspecified atom stereocenters. The van der Waals surface area contributed by atoms with Gasteiger partial charge in [0.15, 0.2) is 0 Å². The number of anilines is 1. The smallest absolute Gasteiger partial charge is 0.243 e. The number of halogens is 1. The summed E-state index contributed by atoms with van der Waals surface area (Å²) in [5, 5.41) is 3.48. The van der Waals surface area contributed by atoms with E-state index in [9.17, 15) is 9.59 Å². The van der Waals surface area contributed by atoms with Gasteiger partial charge in [0.2, 0.25) is 11.8 Å². The molecule has 0 saturated carbocycles. The van der Waals surface area contributed by atoms with Gasteiger partial charge in [0.25, 0.3) is 0 Å². The number of nitrogens with zero attached hydrogens (tertiary/aromatic N) is 1. The van der Waals surface area contributed by atoms with Crippen LogP contribution in [0.3, 0.4) is 0 Å². The largest absolute Gasteiger partial charge is 0.493 e. The van der Waals surface area contributed by atoms with Gasteiger partial charge < -0.3 is 15.0 Å². The van der Waals surface area contributed by atoms with E-state index in [4.69, 9.17) is 16.3 Å². The summed E-state index contributed by atoms with van der Waals surface area (Å²) in [5.41, 5.74) is 3.96. The fourth-order valence-electron chi connectivity index (χ4n) is 2.86. The number of hydrogen-bond donors (Lipinski definition) is 1. The van der Waals surface area contributed by atoms with E-state index in [2.05, 4.69) is 5.32 Å². The molecule has 0 radical (unpaired) electrons. The van der Waals surface area contributed by atoms with Crippen LogP contribution in [0.5, 0.6) is 5.75 Å². The minimum Gasteiger partial charge on any atom is -0.493 e. The van der Waals surface area contributed by atoms with Gasteiger partial charge in [-0.2, -0.15) is 0 Å². The molecule has 6 heteroatoms. The van der Waals surface area contributed by atoms with Crippen LogP contribution in [0, 0.1) is 20.8 Å². The molecule has 5 nitrogen and oxygen atoms in total. The molecule has 0 atom stereocenters. The zero-order valence-corrected chi connectivity index (χ0v) is 16.9. The molecule has 0 aliphatic rings. The van der Waals surface area contributed by atoms with E-state index in [0.29, 0.717) is 10.8 Å². The highest BCUT2D eigenvalue weighted by molar-refractivity contribution is 6.30. The van der Waals surface area contributed by atoms with Gasteiger partial charge in [-0.25, -0.2) is 0 Å². The SMILES string of the molecule is Cc1cc(C)c(NC(=O)CN(C)C(=O)CCOc2cccc(Cl)c2)c(C)c1. The van der Waals surface area contributed by atoms with Crippen LogP contribution in [-0.4, -0.2) is 36.9 Å². The van der Waals surface area contributed by atoms with Crippen molar-refractivity contribution in [3.05, 3.63) is 58.1 Å². The number of aryl methyl sites for hydroxylation is 3. The molecular weight excluding hydrogens is 364 g/mol. The summed E-state index contributed by atoms with van der Waals surface area (Å²) in [7, 11) is 1.61. The molecule has 0 saturated heterocycles. The van der Waals surface area contributed by atoms with Gasteiger partial charge in [0.05, 0.1) is 19.6 Å². The van der Waals surface area contributed by atoms with Gasteiger partial charge in [-0.05, 0) is 50.1 Å². The lowest BCUT2D eigenvalue weighted by Gasteiger charge is -2.18. The number of nitrogens with one attached hydrogen (secondary N) is 1. The predicted octanol–water partition coefficient (Wildman–Crippen LogP) is 4.13. The van der Waals surface area contributed by atoms with Crippen LogP contribution in [0.25, 0.3) is 0 Å². The first-order chi connectivity index (χ1) is 12.8. The van der Waals surface area contributed by atoms with Gasteiger partial charge in [-0.1, -0.05) is 35.4 Å². The van der Waals surface area contributed by atoms with E-state index >= 15 is 0 Å². The maximum atomic E-state index is 12.3. The highest BCUT2D eigenvalue weighted by atomic mass is 35.5. The van der Waals surface area contributed by atoms with Gasteiger partial charge in [-0.15, -0.1) is 0 Å². The van der Waals surface area contributed by atoms with Gasteiger partial charge >= 0.3 is 0 Å². The standard InChI is InChI=1S/C21H25ClN2O3/c1-14-10-15(2)21(16(3)11-14)23-19(25)13-24(4)20(26)8-9-27-18-7-5-6-17(22)12-18/h5-7,10-12H,8-9,13H2,1-4H3,(H,23,25). The number of likely N-dealkylation sites (N-methyl/N-ethyl adjacent to an activating group) is 1. The molecule has 2 rings (SSSR count). The lowest BCUT2D eigenvalue weighted by molar-refractivity contribution is -0.133.